The summed E-state index contributed by atoms with van der Waals surface area (Å²) in [5.41, 5.74) is 0. The fraction of sp³-hybridized carbons (Fsp3) is 0.944. The van der Waals surface area contributed by atoms with E-state index in [0.29, 0.717) is 6.04 Å². The Hall–Kier alpha value is -0.650. The van der Waals surface area contributed by atoms with Crippen molar-refractivity contribution in [1.29, 1.82) is 0 Å². The van der Waals surface area contributed by atoms with Gasteiger partial charge in [0.1, 0.15) is 0 Å². The van der Waals surface area contributed by atoms with Crippen LogP contribution in [0.15, 0.2) is 0 Å². The van der Waals surface area contributed by atoms with Gasteiger partial charge in [-0.1, -0.05) is 12.8 Å². The van der Waals surface area contributed by atoms with Gasteiger partial charge in [0.15, 0.2) is 0 Å². The summed E-state index contributed by atoms with van der Waals surface area (Å²) in [5.74, 6) is 0.965. The van der Waals surface area contributed by atoms with E-state index in [0.717, 1.165) is 44.6 Å². The Bertz CT molecular complexity index is 378. The minimum absolute atomic E-state index is 0.0579. The molecule has 0 aromatic carbocycles. The van der Waals surface area contributed by atoms with E-state index in [2.05, 4.69) is 34.5 Å². The lowest BCUT2D eigenvalue weighted by Crippen LogP contribution is -2.47. The molecule has 0 radical (unpaired) electrons. The summed E-state index contributed by atoms with van der Waals surface area (Å²) in [6, 6.07) is 1.39. The fourth-order valence-corrected chi connectivity index (χ4v) is 4.64. The van der Waals surface area contributed by atoms with Crippen LogP contribution in [-0.2, 0) is 4.79 Å². The van der Waals surface area contributed by atoms with E-state index in [9.17, 15) is 4.79 Å². The first-order valence-corrected chi connectivity index (χ1v) is 9.56. The van der Waals surface area contributed by atoms with Gasteiger partial charge in [0.2, 0.25) is 5.91 Å². The lowest BCUT2D eigenvalue weighted by molar-refractivity contribution is -0.122. The zero-order valence-electron chi connectivity index (χ0n) is 14.9. The molecule has 5 nitrogen and oxygen atoms in total. The van der Waals surface area contributed by atoms with Crippen LogP contribution in [-0.4, -0.2) is 74.1 Å². The van der Waals surface area contributed by atoms with Crippen molar-refractivity contribution < 1.29 is 4.79 Å². The van der Waals surface area contributed by atoms with Gasteiger partial charge in [-0.15, -0.1) is 0 Å². The molecule has 3 fully saturated rings. The second-order valence-electron chi connectivity index (χ2n) is 7.93. The smallest absolute Gasteiger partial charge is 0.237 e. The largest absolute Gasteiger partial charge is 0.353 e. The van der Waals surface area contributed by atoms with Gasteiger partial charge in [-0.3, -0.25) is 4.79 Å². The number of fused-ring (bicyclic) bond motifs is 1. The molecule has 1 aliphatic carbocycles. The second kappa shape index (κ2) is 7.95. The third-order valence-corrected chi connectivity index (χ3v) is 6.19. The van der Waals surface area contributed by atoms with Gasteiger partial charge >= 0.3 is 0 Å². The molecule has 132 valence electrons. The lowest BCUT2D eigenvalue weighted by Gasteiger charge is -2.35. The number of piperidine rings is 1. The van der Waals surface area contributed by atoms with Crippen LogP contribution in [0.4, 0.5) is 0 Å². The van der Waals surface area contributed by atoms with Crippen molar-refractivity contribution in [2.75, 3.05) is 40.3 Å². The van der Waals surface area contributed by atoms with Gasteiger partial charge in [0.05, 0.1) is 6.04 Å². The summed E-state index contributed by atoms with van der Waals surface area (Å²) in [6.45, 7) is 4.10. The molecule has 2 N–H and O–H groups in total. The van der Waals surface area contributed by atoms with E-state index < -0.39 is 0 Å². The zero-order chi connectivity index (χ0) is 16.2. The highest BCUT2D eigenvalue weighted by atomic mass is 16.2. The fourth-order valence-electron chi connectivity index (χ4n) is 4.64. The summed E-state index contributed by atoms with van der Waals surface area (Å²) >= 11 is 0. The molecule has 0 bridgehead atoms. The SMILES string of the molecule is CN(C)C1CCN(CCNC(=O)C2CC3CCCCC3N2)CC1. The number of nitrogens with zero attached hydrogens (tertiary/aromatic N) is 2. The maximum absolute atomic E-state index is 12.4. The number of nitrogens with one attached hydrogen (secondary N) is 2. The molecule has 0 aromatic heterocycles. The third kappa shape index (κ3) is 4.46. The molecule has 23 heavy (non-hydrogen) atoms. The van der Waals surface area contributed by atoms with Gasteiger partial charge in [-0.25, -0.2) is 0 Å². The van der Waals surface area contributed by atoms with Crippen LogP contribution < -0.4 is 10.6 Å². The van der Waals surface area contributed by atoms with Crippen molar-refractivity contribution in [1.82, 2.24) is 20.4 Å². The van der Waals surface area contributed by atoms with E-state index in [1.54, 1.807) is 0 Å². The molecular formula is C18H34N4O. The molecule has 0 spiro atoms. The van der Waals surface area contributed by atoms with Crippen molar-refractivity contribution >= 4 is 5.91 Å². The van der Waals surface area contributed by atoms with Crippen molar-refractivity contribution in [2.24, 2.45) is 5.92 Å². The monoisotopic (exact) mass is 322 g/mol. The normalized spacial score (nSPS) is 32.9. The van der Waals surface area contributed by atoms with Crippen molar-refractivity contribution in [2.45, 2.75) is 63.1 Å². The van der Waals surface area contributed by atoms with E-state index >= 15 is 0 Å². The quantitative estimate of drug-likeness (QED) is 0.794. The molecule has 3 rings (SSSR count). The minimum atomic E-state index is 0.0579. The number of carbonyl (C=O) groups excluding carboxylic acids is 1. The van der Waals surface area contributed by atoms with E-state index in [4.69, 9.17) is 0 Å². The molecule has 3 aliphatic rings. The van der Waals surface area contributed by atoms with Crippen LogP contribution >= 0.6 is 0 Å². The number of carbonyl (C=O) groups is 1. The minimum Gasteiger partial charge on any atom is -0.353 e. The molecule has 3 atom stereocenters. The van der Waals surface area contributed by atoms with Crippen molar-refractivity contribution in [3.8, 4) is 0 Å². The molecule has 1 saturated carbocycles. The molecule has 2 heterocycles. The Morgan fingerprint density at radius 1 is 1.17 bits per heavy atom. The van der Waals surface area contributed by atoms with Gasteiger partial charge in [-0.05, 0) is 65.2 Å². The van der Waals surface area contributed by atoms with Crippen molar-refractivity contribution in [3.63, 3.8) is 0 Å². The van der Waals surface area contributed by atoms with Crippen molar-refractivity contribution in [3.05, 3.63) is 0 Å². The number of hydrogen-bond acceptors (Lipinski definition) is 4. The highest BCUT2D eigenvalue weighted by Crippen LogP contribution is 2.33. The number of likely N-dealkylation sites (tertiary alicyclic amines) is 1. The summed E-state index contributed by atoms with van der Waals surface area (Å²) in [5, 5.41) is 6.73. The average molecular weight is 322 g/mol. The topological polar surface area (TPSA) is 47.6 Å². The Labute approximate surface area is 141 Å². The molecule has 2 saturated heterocycles. The Morgan fingerprint density at radius 3 is 2.61 bits per heavy atom. The van der Waals surface area contributed by atoms with Gasteiger partial charge in [0, 0.05) is 25.2 Å². The third-order valence-electron chi connectivity index (χ3n) is 6.19. The van der Waals surface area contributed by atoms with Crippen LogP contribution in [0.3, 0.4) is 0 Å². The van der Waals surface area contributed by atoms with E-state index in [1.165, 1.54) is 38.5 Å². The highest BCUT2D eigenvalue weighted by Gasteiger charge is 2.38. The molecule has 0 aromatic rings. The van der Waals surface area contributed by atoms with Crippen LogP contribution in [0.25, 0.3) is 0 Å². The molecule has 2 aliphatic heterocycles. The Kier molecular flexibility index (Phi) is 5.94. The second-order valence-corrected chi connectivity index (χ2v) is 7.93. The first-order valence-electron chi connectivity index (χ1n) is 9.56. The maximum Gasteiger partial charge on any atom is 0.237 e. The zero-order valence-corrected chi connectivity index (χ0v) is 14.9. The van der Waals surface area contributed by atoms with Gasteiger partial charge in [-0.2, -0.15) is 0 Å². The first kappa shape index (κ1) is 17.2. The molecular weight excluding hydrogens is 288 g/mol. The predicted molar refractivity (Wildman–Crippen MR) is 93.4 cm³/mol. The summed E-state index contributed by atoms with van der Waals surface area (Å²) in [6.07, 6.45) is 8.77. The number of amides is 1. The average Bonchev–Trinajstić information content (AvgIpc) is 2.99. The lowest BCUT2D eigenvalue weighted by atomic mass is 9.85. The Balaban J connectivity index is 1.32. The van der Waals surface area contributed by atoms with E-state index in [1.807, 2.05) is 0 Å². The summed E-state index contributed by atoms with van der Waals surface area (Å²) in [4.78, 5) is 17.2. The molecule has 5 heteroatoms. The van der Waals surface area contributed by atoms with Gasteiger partial charge < -0.3 is 20.4 Å². The van der Waals surface area contributed by atoms with Gasteiger partial charge in [0.25, 0.3) is 0 Å². The van der Waals surface area contributed by atoms with E-state index in [-0.39, 0.29) is 11.9 Å². The number of rotatable bonds is 5. The summed E-state index contributed by atoms with van der Waals surface area (Å²) in [7, 11) is 4.35. The predicted octanol–water partition coefficient (Wildman–Crippen LogP) is 1.05. The van der Waals surface area contributed by atoms with Crippen LogP contribution in [0.2, 0.25) is 0 Å². The summed E-state index contributed by atoms with van der Waals surface area (Å²) < 4.78 is 0. The first-order chi connectivity index (χ1) is 11.1. The van der Waals surface area contributed by atoms with Crippen LogP contribution in [0.1, 0.15) is 44.9 Å². The van der Waals surface area contributed by atoms with Crippen LogP contribution in [0.5, 0.6) is 0 Å². The van der Waals surface area contributed by atoms with Crippen LogP contribution in [0, 0.1) is 5.92 Å². The highest BCUT2D eigenvalue weighted by molar-refractivity contribution is 5.82. The standard InChI is InChI=1S/C18H34N4O/c1-21(2)15-7-10-22(11-8-15)12-9-19-18(23)17-13-14-5-3-4-6-16(14)20-17/h14-17,20H,3-13H2,1-2H3,(H,19,23). The maximum atomic E-state index is 12.4. The number of hydrogen-bond donors (Lipinski definition) is 2. The Morgan fingerprint density at radius 2 is 1.91 bits per heavy atom. The molecule has 1 amide bonds. The molecule has 3 unspecified atom stereocenters.